The van der Waals surface area contributed by atoms with Crippen molar-refractivity contribution in [3.63, 3.8) is 0 Å². The Morgan fingerprint density at radius 1 is 0.821 bits per heavy atom. The lowest BCUT2D eigenvalue weighted by molar-refractivity contribution is -0.0436. The van der Waals surface area contributed by atoms with Crippen molar-refractivity contribution in [1.82, 2.24) is 0 Å². The van der Waals surface area contributed by atoms with Gasteiger partial charge in [-0.15, -0.1) is 0 Å². The summed E-state index contributed by atoms with van der Waals surface area (Å²) in [6.45, 7) is 0. The van der Waals surface area contributed by atoms with E-state index in [1.165, 1.54) is 17.7 Å². The second-order valence-corrected chi connectivity index (χ2v) is 11.1. The van der Waals surface area contributed by atoms with Crippen LogP contribution in [0.3, 0.4) is 0 Å². The molecule has 2 nitrogen and oxygen atoms in total. The summed E-state index contributed by atoms with van der Waals surface area (Å²) < 4.78 is 63.4. The van der Waals surface area contributed by atoms with Gasteiger partial charge in [0.2, 0.25) is 0 Å². The molecule has 1 saturated carbocycles. The molecule has 0 atom stereocenters. The molecule has 0 amide bonds. The molecule has 4 rings (SSSR count). The number of rotatable bonds is 3. The molecule has 0 bridgehead atoms. The summed E-state index contributed by atoms with van der Waals surface area (Å²) in [5.41, 5.74) is -0.936. The highest BCUT2D eigenvalue weighted by Crippen LogP contribution is 2.63. The highest BCUT2D eigenvalue weighted by atomic mass is 79.9. The first-order chi connectivity index (χ1) is 13.0. The topological polar surface area (TPSA) is 34.1 Å². The molecular formula is C20H15Br2F3O2S. The molecule has 8 heteroatoms. The molecule has 0 heterocycles. The fraction of sp³-hybridized carbons (Fsp3) is 0.300. The highest BCUT2D eigenvalue weighted by Gasteiger charge is 2.49. The molecule has 2 aliphatic rings. The zero-order valence-corrected chi connectivity index (χ0v) is 18.5. The number of hydrogen-bond acceptors (Lipinski definition) is 2. The molecule has 1 fully saturated rings. The van der Waals surface area contributed by atoms with Gasteiger partial charge in [-0.1, -0.05) is 18.2 Å². The van der Waals surface area contributed by atoms with Crippen LogP contribution in [0.15, 0.2) is 56.3 Å². The molecule has 0 aliphatic heterocycles. The molecule has 2 aromatic carbocycles. The van der Waals surface area contributed by atoms with E-state index < -0.39 is 20.2 Å². The molecule has 2 aliphatic carbocycles. The number of sulfone groups is 1. The standard InChI is InChI=1S/C20H15Br2F3O2S/c21-17-6-3-13(9-18(17)22)16-11-19(7-8-19)10-15(16)12-1-4-14(5-2-12)28(26,27)20(23,24)25/h1-6,9H,7-8,10-11H2. The fourth-order valence-electron chi connectivity index (χ4n) is 3.76. The van der Waals surface area contributed by atoms with Crippen molar-refractivity contribution in [3.05, 3.63) is 62.5 Å². The molecule has 2 aromatic rings. The molecule has 0 unspecified atom stereocenters. The quantitative estimate of drug-likeness (QED) is 0.424. The van der Waals surface area contributed by atoms with Crippen molar-refractivity contribution in [1.29, 1.82) is 0 Å². The van der Waals surface area contributed by atoms with Gasteiger partial charge in [0, 0.05) is 8.95 Å². The van der Waals surface area contributed by atoms with Crippen molar-refractivity contribution in [2.24, 2.45) is 5.41 Å². The molecule has 28 heavy (non-hydrogen) atoms. The van der Waals surface area contributed by atoms with Gasteiger partial charge in [-0.25, -0.2) is 8.42 Å². The minimum Gasteiger partial charge on any atom is -0.214 e. The van der Waals surface area contributed by atoms with Gasteiger partial charge in [0.05, 0.1) is 4.90 Å². The van der Waals surface area contributed by atoms with Crippen LogP contribution in [0.4, 0.5) is 13.2 Å². The summed E-state index contributed by atoms with van der Waals surface area (Å²) in [4.78, 5) is -0.726. The first-order valence-electron chi connectivity index (χ1n) is 8.62. The molecule has 0 radical (unpaired) electrons. The van der Waals surface area contributed by atoms with Crippen LogP contribution in [0, 0.1) is 5.41 Å². The average Bonchev–Trinajstić information content (AvgIpc) is 3.27. The molecule has 0 N–H and O–H groups in total. The first-order valence-corrected chi connectivity index (χ1v) is 11.7. The van der Waals surface area contributed by atoms with Crippen LogP contribution in [-0.2, 0) is 9.84 Å². The number of hydrogen-bond donors (Lipinski definition) is 0. The molecule has 0 aromatic heterocycles. The van der Waals surface area contributed by atoms with Crippen molar-refractivity contribution in [3.8, 4) is 0 Å². The minimum absolute atomic E-state index is 0.251. The molecular weight excluding hydrogens is 521 g/mol. The van der Waals surface area contributed by atoms with Crippen LogP contribution < -0.4 is 0 Å². The van der Waals surface area contributed by atoms with Gasteiger partial charge in [-0.05, 0) is 109 Å². The van der Waals surface area contributed by atoms with Crippen LogP contribution in [0.25, 0.3) is 11.1 Å². The van der Waals surface area contributed by atoms with E-state index in [1.54, 1.807) is 0 Å². The normalized spacial score (nSPS) is 18.8. The van der Waals surface area contributed by atoms with E-state index in [0.717, 1.165) is 63.5 Å². The van der Waals surface area contributed by atoms with Crippen molar-refractivity contribution < 1.29 is 21.6 Å². The third-order valence-corrected chi connectivity index (χ3v) is 8.89. The lowest BCUT2D eigenvalue weighted by Gasteiger charge is -2.11. The predicted molar refractivity (Wildman–Crippen MR) is 109 cm³/mol. The maximum atomic E-state index is 12.8. The SMILES string of the molecule is O=S(=O)(c1ccc(C2=C(c3ccc(Br)c(Br)c3)CC3(CC3)C2)cc1)C(F)(F)F. The lowest BCUT2D eigenvalue weighted by atomic mass is 9.97. The largest absolute Gasteiger partial charge is 0.501 e. The maximum absolute atomic E-state index is 12.8. The average molecular weight is 536 g/mol. The summed E-state index contributed by atoms with van der Waals surface area (Å²) in [6.07, 6.45) is 4.07. The Hall–Kier alpha value is -1.12. The molecule has 1 spiro atoms. The number of benzene rings is 2. The zero-order chi connectivity index (χ0) is 20.3. The summed E-state index contributed by atoms with van der Waals surface area (Å²) >= 11 is 6.98. The third kappa shape index (κ3) is 3.48. The van der Waals surface area contributed by atoms with E-state index in [-0.39, 0.29) is 5.41 Å². The van der Waals surface area contributed by atoms with Crippen LogP contribution in [0.5, 0.6) is 0 Å². The number of allylic oxidation sites excluding steroid dienone is 2. The maximum Gasteiger partial charge on any atom is 0.501 e. The Labute approximate surface area is 178 Å². The third-order valence-electron chi connectivity index (χ3n) is 5.51. The fourth-order valence-corrected chi connectivity index (χ4v) is 5.15. The summed E-state index contributed by atoms with van der Waals surface area (Å²) in [5.74, 6) is 0. The van der Waals surface area contributed by atoms with Gasteiger partial charge in [0.15, 0.2) is 0 Å². The van der Waals surface area contributed by atoms with Crippen molar-refractivity contribution in [2.45, 2.75) is 36.1 Å². The van der Waals surface area contributed by atoms with E-state index in [1.807, 2.05) is 18.2 Å². The van der Waals surface area contributed by atoms with Gasteiger partial charge in [-0.3, -0.25) is 0 Å². The Kier molecular flexibility index (Phi) is 4.83. The second-order valence-electron chi connectivity index (χ2n) is 7.41. The van der Waals surface area contributed by atoms with E-state index in [2.05, 4.69) is 31.9 Å². The van der Waals surface area contributed by atoms with Crippen molar-refractivity contribution in [2.75, 3.05) is 0 Å². The summed E-state index contributed by atoms with van der Waals surface area (Å²) in [6, 6.07) is 11.1. The summed E-state index contributed by atoms with van der Waals surface area (Å²) in [7, 11) is -5.33. The van der Waals surface area contributed by atoms with Crippen LogP contribution in [0.2, 0.25) is 0 Å². The van der Waals surface area contributed by atoms with E-state index >= 15 is 0 Å². The van der Waals surface area contributed by atoms with Crippen LogP contribution in [-0.4, -0.2) is 13.9 Å². The Morgan fingerprint density at radius 2 is 1.36 bits per heavy atom. The predicted octanol–water partition coefficient (Wildman–Crippen LogP) is 6.99. The highest BCUT2D eigenvalue weighted by molar-refractivity contribution is 9.13. The van der Waals surface area contributed by atoms with Gasteiger partial charge < -0.3 is 0 Å². The Morgan fingerprint density at radius 3 is 1.86 bits per heavy atom. The number of alkyl halides is 3. The summed E-state index contributed by atoms with van der Waals surface area (Å²) in [5, 5.41) is 0. The van der Waals surface area contributed by atoms with Crippen molar-refractivity contribution >= 4 is 52.8 Å². The van der Waals surface area contributed by atoms with Gasteiger partial charge in [-0.2, -0.15) is 13.2 Å². The molecule has 0 saturated heterocycles. The molecule has 148 valence electrons. The lowest BCUT2D eigenvalue weighted by Crippen LogP contribution is -2.23. The van der Waals surface area contributed by atoms with Gasteiger partial charge in [0.1, 0.15) is 0 Å². The van der Waals surface area contributed by atoms with Gasteiger partial charge >= 0.3 is 5.51 Å². The minimum atomic E-state index is -5.33. The Balaban J connectivity index is 1.76. The van der Waals surface area contributed by atoms with Crippen LogP contribution in [0.1, 0.15) is 36.8 Å². The first kappa shape index (κ1) is 20.2. The monoisotopic (exact) mass is 534 g/mol. The zero-order valence-electron chi connectivity index (χ0n) is 14.5. The number of halogens is 5. The Bertz CT molecular complexity index is 1080. The van der Waals surface area contributed by atoms with Gasteiger partial charge in [0.25, 0.3) is 9.84 Å². The van der Waals surface area contributed by atoms with E-state index in [0.29, 0.717) is 0 Å². The van der Waals surface area contributed by atoms with E-state index in [9.17, 15) is 21.6 Å². The second kappa shape index (κ2) is 6.71. The van der Waals surface area contributed by atoms with E-state index in [4.69, 9.17) is 0 Å². The smallest absolute Gasteiger partial charge is 0.214 e. The van der Waals surface area contributed by atoms with Crippen LogP contribution >= 0.6 is 31.9 Å².